The van der Waals surface area contributed by atoms with Crippen LogP contribution in [0.2, 0.25) is 0 Å². The summed E-state index contributed by atoms with van der Waals surface area (Å²) in [6.07, 6.45) is -2.49. The summed E-state index contributed by atoms with van der Waals surface area (Å²) in [7, 11) is -0.840. The van der Waals surface area contributed by atoms with Gasteiger partial charge in [-0.25, -0.2) is 21.9 Å². The fraction of sp³-hybridized carbons (Fsp3) is 0.400. The van der Waals surface area contributed by atoms with Crippen LogP contribution in [0.3, 0.4) is 0 Å². The molecule has 8 heteroatoms. The average Bonchev–Trinajstić information content (AvgIpc) is 2.27. The summed E-state index contributed by atoms with van der Waals surface area (Å²) in [4.78, 5) is 1.27. The Labute approximate surface area is 105 Å². The minimum absolute atomic E-state index is 0.00306. The Bertz CT molecular complexity index is 520. The second-order valence-corrected chi connectivity index (χ2v) is 5.59. The third kappa shape index (κ3) is 3.30. The molecule has 102 valence electrons. The zero-order valence-corrected chi connectivity index (χ0v) is 10.8. The summed E-state index contributed by atoms with van der Waals surface area (Å²) < 4.78 is 49.6. The number of nitrogens with one attached hydrogen (secondary N) is 1. The van der Waals surface area contributed by atoms with E-state index in [0.29, 0.717) is 5.69 Å². The Morgan fingerprint density at radius 2 is 2.06 bits per heavy atom. The number of hydrogen-bond donors (Lipinski definition) is 2. The average molecular weight is 279 g/mol. The molecule has 1 aromatic rings. The number of nitrogen functional groups attached to an aromatic ring is 1. The van der Waals surface area contributed by atoms with Crippen LogP contribution in [-0.2, 0) is 10.0 Å². The van der Waals surface area contributed by atoms with E-state index in [4.69, 9.17) is 5.73 Å². The van der Waals surface area contributed by atoms with Gasteiger partial charge in [0.25, 0.3) is 6.43 Å². The molecule has 0 spiro atoms. The van der Waals surface area contributed by atoms with Crippen LogP contribution < -0.4 is 15.4 Å². The van der Waals surface area contributed by atoms with E-state index in [0.717, 1.165) is 0 Å². The predicted molar refractivity (Wildman–Crippen MR) is 66.4 cm³/mol. The molecule has 5 nitrogen and oxygen atoms in total. The van der Waals surface area contributed by atoms with Gasteiger partial charge in [-0.05, 0) is 25.2 Å². The Balaban J connectivity index is 3.07. The van der Waals surface area contributed by atoms with Gasteiger partial charge in [0, 0.05) is 7.05 Å². The van der Waals surface area contributed by atoms with E-state index in [9.17, 15) is 17.2 Å². The van der Waals surface area contributed by atoms with Crippen LogP contribution in [-0.4, -0.2) is 35.5 Å². The van der Waals surface area contributed by atoms with Gasteiger partial charge in [0.05, 0.1) is 22.8 Å². The topological polar surface area (TPSA) is 75.4 Å². The molecule has 18 heavy (non-hydrogen) atoms. The van der Waals surface area contributed by atoms with Crippen molar-refractivity contribution in [3.05, 3.63) is 18.2 Å². The number of rotatable bonds is 5. The van der Waals surface area contributed by atoms with E-state index < -0.39 is 23.0 Å². The third-order valence-electron chi connectivity index (χ3n) is 2.40. The number of alkyl halides is 2. The van der Waals surface area contributed by atoms with E-state index >= 15 is 0 Å². The smallest absolute Gasteiger partial charge is 0.255 e. The largest absolute Gasteiger partial charge is 0.397 e. The lowest BCUT2D eigenvalue weighted by Gasteiger charge is -2.21. The summed E-state index contributed by atoms with van der Waals surface area (Å²) >= 11 is 0. The van der Waals surface area contributed by atoms with Crippen molar-refractivity contribution in [2.75, 3.05) is 31.3 Å². The molecule has 0 heterocycles. The van der Waals surface area contributed by atoms with Gasteiger partial charge in [0.15, 0.2) is 0 Å². The van der Waals surface area contributed by atoms with Gasteiger partial charge in [-0.1, -0.05) is 0 Å². The van der Waals surface area contributed by atoms with Gasteiger partial charge < -0.3 is 10.6 Å². The lowest BCUT2D eigenvalue weighted by atomic mass is 10.2. The SMILES string of the molecule is CNS(=O)(=O)c1ccc(N(C)CC(F)F)c(N)c1. The predicted octanol–water partition coefficient (Wildman–Crippen LogP) is 0.878. The molecule has 0 saturated carbocycles. The summed E-state index contributed by atoms with van der Waals surface area (Å²) in [6, 6.07) is 3.96. The van der Waals surface area contributed by atoms with Crippen LogP contribution in [0.25, 0.3) is 0 Å². The Morgan fingerprint density at radius 3 is 2.50 bits per heavy atom. The highest BCUT2D eigenvalue weighted by Gasteiger charge is 2.16. The first kappa shape index (κ1) is 14.7. The van der Waals surface area contributed by atoms with Crippen LogP contribution in [0, 0.1) is 0 Å². The van der Waals surface area contributed by atoms with Gasteiger partial charge in [-0.3, -0.25) is 0 Å². The fourth-order valence-corrected chi connectivity index (χ4v) is 2.24. The first-order chi connectivity index (χ1) is 8.27. The standard InChI is InChI=1S/C10H15F2N3O2S/c1-14-18(16,17)7-3-4-9(8(13)5-7)15(2)6-10(11)12/h3-5,10,14H,6,13H2,1-2H3. The monoisotopic (exact) mass is 279 g/mol. The van der Waals surface area contributed by atoms with Gasteiger partial charge in [0.2, 0.25) is 10.0 Å². The summed E-state index contributed by atoms with van der Waals surface area (Å²) in [5, 5.41) is 0. The molecule has 1 aromatic carbocycles. The van der Waals surface area contributed by atoms with Crippen molar-refractivity contribution in [3.63, 3.8) is 0 Å². The van der Waals surface area contributed by atoms with Crippen LogP contribution >= 0.6 is 0 Å². The minimum Gasteiger partial charge on any atom is -0.397 e. The number of anilines is 2. The van der Waals surface area contributed by atoms with E-state index in [1.54, 1.807) is 0 Å². The summed E-state index contributed by atoms with van der Waals surface area (Å²) in [6.45, 7) is -0.470. The molecule has 0 aliphatic heterocycles. The Kier molecular flexibility index (Phi) is 4.47. The molecule has 0 unspecified atom stereocenters. The molecular weight excluding hydrogens is 264 g/mol. The van der Waals surface area contributed by atoms with Crippen molar-refractivity contribution in [2.24, 2.45) is 0 Å². The van der Waals surface area contributed by atoms with Crippen LogP contribution in [0.1, 0.15) is 0 Å². The normalized spacial score (nSPS) is 11.8. The van der Waals surface area contributed by atoms with Crippen molar-refractivity contribution in [2.45, 2.75) is 11.3 Å². The summed E-state index contributed by atoms with van der Waals surface area (Å²) in [5.74, 6) is 0. The van der Waals surface area contributed by atoms with E-state index in [-0.39, 0.29) is 10.6 Å². The molecular formula is C10H15F2N3O2S. The van der Waals surface area contributed by atoms with Gasteiger partial charge in [-0.2, -0.15) is 0 Å². The van der Waals surface area contributed by atoms with Gasteiger partial charge in [0.1, 0.15) is 0 Å². The lowest BCUT2D eigenvalue weighted by molar-refractivity contribution is 0.156. The van der Waals surface area contributed by atoms with E-state index in [2.05, 4.69) is 4.72 Å². The maximum Gasteiger partial charge on any atom is 0.255 e. The zero-order valence-electron chi connectivity index (χ0n) is 10.0. The van der Waals surface area contributed by atoms with Crippen molar-refractivity contribution >= 4 is 21.4 Å². The van der Waals surface area contributed by atoms with Gasteiger partial charge >= 0.3 is 0 Å². The van der Waals surface area contributed by atoms with E-state index in [1.165, 1.54) is 37.2 Å². The fourth-order valence-electron chi connectivity index (χ4n) is 1.47. The molecule has 0 aliphatic rings. The molecule has 1 rings (SSSR count). The van der Waals surface area contributed by atoms with E-state index in [1.807, 2.05) is 0 Å². The zero-order chi connectivity index (χ0) is 13.9. The molecule has 0 aromatic heterocycles. The number of nitrogens with two attached hydrogens (primary N) is 1. The lowest BCUT2D eigenvalue weighted by Crippen LogP contribution is -2.25. The summed E-state index contributed by atoms with van der Waals surface area (Å²) in [5.41, 5.74) is 6.17. The van der Waals surface area contributed by atoms with Crippen LogP contribution in [0.15, 0.2) is 23.1 Å². The Hall–Kier alpha value is -1.41. The highest BCUT2D eigenvalue weighted by molar-refractivity contribution is 7.89. The molecule has 0 bridgehead atoms. The van der Waals surface area contributed by atoms with Crippen molar-refractivity contribution < 1.29 is 17.2 Å². The maximum absolute atomic E-state index is 12.2. The second-order valence-electron chi connectivity index (χ2n) is 3.70. The van der Waals surface area contributed by atoms with Crippen LogP contribution in [0.4, 0.5) is 20.2 Å². The molecule has 0 saturated heterocycles. The van der Waals surface area contributed by atoms with Crippen LogP contribution in [0.5, 0.6) is 0 Å². The third-order valence-corrected chi connectivity index (χ3v) is 3.81. The highest BCUT2D eigenvalue weighted by Crippen LogP contribution is 2.25. The molecule has 0 fully saturated rings. The van der Waals surface area contributed by atoms with Crippen molar-refractivity contribution in [1.82, 2.24) is 4.72 Å². The van der Waals surface area contributed by atoms with Crippen molar-refractivity contribution in [3.8, 4) is 0 Å². The number of halogens is 2. The molecule has 0 atom stereocenters. The molecule has 0 radical (unpaired) electrons. The Morgan fingerprint density at radius 1 is 1.44 bits per heavy atom. The maximum atomic E-state index is 12.2. The number of hydrogen-bond acceptors (Lipinski definition) is 4. The quantitative estimate of drug-likeness (QED) is 0.785. The number of nitrogens with zero attached hydrogens (tertiary/aromatic N) is 1. The molecule has 0 amide bonds. The van der Waals surface area contributed by atoms with Crippen molar-refractivity contribution in [1.29, 1.82) is 0 Å². The highest BCUT2D eigenvalue weighted by atomic mass is 32.2. The minimum atomic E-state index is -3.58. The second kappa shape index (κ2) is 5.49. The number of sulfonamides is 1. The first-order valence-corrected chi connectivity index (χ1v) is 6.58. The molecule has 0 aliphatic carbocycles. The van der Waals surface area contributed by atoms with Gasteiger partial charge in [-0.15, -0.1) is 0 Å². The molecule has 3 N–H and O–H groups in total. The first-order valence-electron chi connectivity index (χ1n) is 5.10. The number of benzene rings is 1.